The van der Waals surface area contributed by atoms with E-state index in [1.165, 1.54) is 0 Å². The minimum absolute atomic E-state index is 0.0626. The summed E-state index contributed by atoms with van der Waals surface area (Å²) in [6, 6.07) is 7.92. The Labute approximate surface area is 96.4 Å². The van der Waals surface area contributed by atoms with E-state index in [0.717, 1.165) is 11.3 Å². The molecule has 0 saturated carbocycles. The normalized spacial score (nSPS) is 12.4. The third-order valence-corrected chi connectivity index (χ3v) is 2.31. The average Bonchev–Trinajstić information content (AvgIpc) is 2.31. The van der Waals surface area contributed by atoms with Gasteiger partial charge in [-0.15, -0.1) is 0 Å². The van der Waals surface area contributed by atoms with Gasteiger partial charge < -0.3 is 20.9 Å². The molecular weight excluding hydrogens is 204 g/mol. The van der Waals surface area contributed by atoms with Crippen LogP contribution in [0.15, 0.2) is 24.3 Å². The average molecular weight is 224 g/mol. The minimum Gasteiger partial charge on any atom is -0.494 e. The number of nitrogens with one attached hydrogen (secondary N) is 1. The van der Waals surface area contributed by atoms with Crippen LogP contribution in [0.1, 0.15) is 18.5 Å². The summed E-state index contributed by atoms with van der Waals surface area (Å²) < 4.78 is 5.43. The number of aliphatic hydroxyl groups is 1. The summed E-state index contributed by atoms with van der Waals surface area (Å²) in [7, 11) is 0. The summed E-state index contributed by atoms with van der Waals surface area (Å²) in [4.78, 5) is 0. The number of hydrogen-bond donors (Lipinski definition) is 3. The van der Waals surface area contributed by atoms with E-state index in [4.69, 9.17) is 15.6 Å². The first-order chi connectivity index (χ1) is 7.81. The molecule has 1 atom stereocenters. The Kier molecular flexibility index (Phi) is 5.85. The molecule has 0 saturated heterocycles. The van der Waals surface area contributed by atoms with Crippen molar-refractivity contribution in [3.8, 4) is 5.75 Å². The van der Waals surface area contributed by atoms with Crippen LogP contribution < -0.4 is 15.8 Å². The fourth-order valence-electron chi connectivity index (χ4n) is 1.56. The second-order valence-corrected chi connectivity index (χ2v) is 3.47. The topological polar surface area (TPSA) is 67.5 Å². The van der Waals surface area contributed by atoms with Gasteiger partial charge in [-0.2, -0.15) is 0 Å². The van der Waals surface area contributed by atoms with Gasteiger partial charge in [0.2, 0.25) is 0 Å². The van der Waals surface area contributed by atoms with Crippen LogP contribution >= 0.6 is 0 Å². The van der Waals surface area contributed by atoms with E-state index in [-0.39, 0.29) is 12.6 Å². The van der Waals surface area contributed by atoms with Crippen LogP contribution in [0, 0.1) is 0 Å². The van der Waals surface area contributed by atoms with Gasteiger partial charge >= 0.3 is 0 Å². The van der Waals surface area contributed by atoms with E-state index in [1.807, 2.05) is 31.2 Å². The van der Waals surface area contributed by atoms with Crippen LogP contribution in [0.5, 0.6) is 5.75 Å². The molecule has 0 amide bonds. The van der Waals surface area contributed by atoms with Crippen molar-refractivity contribution in [2.24, 2.45) is 5.73 Å². The van der Waals surface area contributed by atoms with Gasteiger partial charge in [-0.1, -0.05) is 12.1 Å². The lowest BCUT2D eigenvalue weighted by Gasteiger charge is -2.17. The molecule has 1 unspecified atom stereocenters. The first kappa shape index (κ1) is 13.0. The molecule has 0 aliphatic carbocycles. The Balaban J connectivity index is 2.71. The van der Waals surface area contributed by atoms with Crippen molar-refractivity contribution in [1.82, 2.24) is 5.32 Å². The number of benzene rings is 1. The second kappa shape index (κ2) is 7.22. The molecule has 0 spiro atoms. The quantitative estimate of drug-likeness (QED) is 0.636. The van der Waals surface area contributed by atoms with E-state index >= 15 is 0 Å². The van der Waals surface area contributed by atoms with Gasteiger partial charge in [0.05, 0.1) is 13.2 Å². The fourth-order valence-corrected chi connectivity index (χ4v) is 1.56. The zero-order valence-electron chi connectivity index (χ0n) is 9.65. The van der Waals surface area contributed by atoms with Gasteiger partial charge in [-0.25, -0.2) is 0 Å². The standard InChI is InChI=1S/C12H20N2O2/c1-2-16-11-5-3-4-10(8-11)12(9-13)14-6-7-15/h3-5,8,12,14-15H,2,6-7,9,13H2,1H3. The molecule has 0 aromatic heterocycles. The van der Waals surface area contributed by atoms with Gasteiger partial charge in [0.15, 0.2) is 0 Å². The largest absolute Gasteiger partial charge is 0.494 e. The lowest BCUT2D eigenvalue weighted by molar-refractivity contribution is 0.285. The first-order valence-corrected chi connectivity index (χ1v) is 5.58. The molecule has 90 valence electrons. The lowest BCUT2D eigenvalue weighted by atomic mass is 10.1. The Hall–Kier alpha value is -1.10. The van der Waals surface area contributed by atoms with E-state index in [0.29, 0.717) is 19.7 Å². The third kappa shape index (κ3) is 3.81. The van der Waals surface area contributed by atoms with Crippen molar-refractivity contribution in [2.45, 2.75) is 13.0 Å². The molecule has 0 radical (unpaired) electrons. The van der Waals surface area contributed by atoms with E-state index in [2.05, 4.69) is 5.32 Å². The summed E-state index contributed by atoms with van der Waals surface area (Å²) in [6.45, 7) is 3.76. The summed E-state index contributed by atoms with van der Waals surface area (Å²) in [6.07, 6.45) is 0. The van der Waals surface area contributed by atoms with Crippen LogP contribution in [0.4, 0.5) is 0 Å². The Morgan fingerprint density at radius 1 is 1.50 bits per heavy atom. The highest BCUT2D eigenvalue weighted by Crippen LogP contribution is 2.18. The summed E-state index contributed by atoms with van der Waals surface area (Å²) >= 11 is 0. The van der Waals surface area contributed by atoms with Crippen LogP contribution in [-0.4, -0.2) is 31.4 Å². The molecule has 1 aromatic rings. The molecule has 0 fully saturated rings. The van der Waals surface area contributed by atoms with Crippen molar-refractivity contribution in [2.75, 3.05) is 26.3 Å². The van der Waals surface area contributed by atoms with Gasteiger partial charge in [0.1, 0.15) is 5.75 Å². The number of ether oxygens (including phenoxy) is 1. The lowest BCUT2D eigenvalue weighted by Crippen LogP contribution is -2.30. The Morgan fingerprint density at radius 2 is 2.31 bits per heavy atom. The number of aliphatic hydroxyl groups excluding tert-OH is 1. The molecule has 0 bridgehead atoms. The maximum absolute atomic E-state index is 8.77. The van der Waals surface area contributed by atoms with Gasteiger partial charge in [-0.05, 0) is 24.6 Å². The van der Waals surface area contributed by atoms with Crippen LogP contribution in [-0.2, 0) is 0 Å². The molecule has 16 heavy (non-hydrogen) atoms. The Bertz CT molecular complexity index is 305. The van der Waals surface area contributed by atoms with Crippen molar-refractivity contribution >= 4 is 0 Å². The number of hydrogen-bond acceptors (Lipinski definition) is 4. The molecule has 4 heteroatoms. The predicted molar refractivity (Wildman–Crippen MR) is 64.5 cm³/mol. The number of rotatable bonds is 7. The molecule has 1 aromatic carbocycles. The third-order valence-electron chi connectivity index (χ3n) is 2.31. The second-order valence-electron chi connectivity index (χ2n) is 3.47. The molecule has 1 rings (SSSR count). The summed E-state index contributed by atoms with van der Waals surface area (Å²) in [5, 5.41) is 11.9. The van der Waals surface area contributed by atoms with Crippen molar-refractivity contribution < 1.29 is 9.84 Å². The first-order valence-electron chi connectivity index (χ1n) is 5.58. The molecular formula is C12H20N2O2. The van der Waals surface area contributed by atoms with Gasteiger partial charge in [0, 0.05) is 19.1 Å². The van der Waals surface area contributed by atoms with Crippen LogP contribution in [0.25, 0.3) is 0 Å². The van der Waals surface area contributed by atoms with Crippen LogP contribution in [0.3, 0.4) is 0 Å². The SMILES string of the molecule is CCOc1cccc(C(CN)NCCO)c1. The maximum atomic E-state index is 8.77. The fraction of sp³-hybridized carbons (Fsp3) is 0.500. The Morgan fingerprint density at radius 3 is 2.94 bits per heavy atom. The summed E-state index contributed by atoms with van der Waals surface area (Å²) in [5.41, 5.74) is 6.77. The number of nitrogens with two attached hydrogens (primary N) is 1. The zero-order valence-corrected chi connectivity index (χ0v) is 9.65. The highest BCUT2D eigenvalue weighted by Gasteiger charge is 2.08. The smallest absolute Gasteiger partial charge is 0.119 e. The molecule has 0 aliphatic rings. The highest BCUT2D eigenvalue weighted by atomic mass is 16.5. The molecule has 0 aliphatic heterocycles. The zero-order chi connectivity index (χ0) is 11.8. The maximum Gasteiger partial charge on any atom is 0.119 e. The van der Waals surface area contributed by atoms with Crippen molar-refractivity contribution in [1.29, 1.82) is 0 Å². The van der Waals surface area contributed by atoms with Crippen molar-refractivity contribution in [3.63, 3.8) is 0 Å². The van der Waals surface area contributed by atoms with E-state index in [1.54, 1.807) is 0 Å². The van der Waals surface area contributed by atoms with Crippen LogP contribution in [0.2, 0.25) is 0 Å². The van der Waals surface area contributed by atoms with Gasteiger partial charge in [-0.3, -0.25) is 0 Å². The minimum atomic E-state index is 0.0626. The predicted octanol–water partition coefficient (Wildman–Crippen LogP) is 0.667. The summed E-state index contributed by atoms with van der Waals surface area (Å²) in [5.74, 6) is 0.851. The highest BCUT2D eigenvalue weighted by molar-refractivity contribution is 5.30. The molecule has 0 heterocycles. The van der Waals surface area contributed by atoms with Gasteiger partial charge in [0.25, 0.3) is 0 Å². The van der Waals surface area contributed by atoms with Crippen molar-refractivity contribution in [3.05, 3.63) is 29.8 Å². The molecule has 4 nitrogen and oxygen atoms in total. The monoisotopic (exact) mass is 224 g/mol. The van der Waals surface area contributed by atoms with E-state index in [9.17, 15) is 0 Å². The van der Waals surface area contributed by atoms with E-state index < -0.39 is 0 Å². The molecule has 4 N–H and O–H groups in total.